The van der Waals surface area contributed by atoms with Crippen LogP contribution in [0.25, 0.3) is 11.4 Å². The normalized spacial score (nSPS) is 11.5. The highest BCUT2D eigenvalue weighted by Gasteiger charge is 2.13. The Kier molecular flexibility index (Phi) is 10.9. The van der Waals surface area contributed by atoms with Crippen LogP contribution in [0.15, 0.2) is 44.4 Å². The molecule has 0 aliphatic rings. The molecular formula is C22H30ClIN6O2. The van der Waals surface area contributed by atoms with Crippen molar-refractivity contribution in [2.45, 2.75) is 52.5 Å². The molecule has 2 heterocycles. The van der Waals surface area contributed by atoms with Crippen molar-refractivity contribution >= 4 is 41.5 Å². The van der Waals surface area contributed by atoms with Crippen LogP contribution in [0, 0.1) is 0 Å². The molecule has 0 aliphatic carbocycles. The molecule has 0 fully saturated rings. The molecule has 0 unspecified atom stereocenters. The van der Waals surface area contributed by atoms with E-state index >= 15 is 0 Å². The SMILES string of the molecule is CCNC(=NCc1cc(C(CC)CC)no1)NCCc1nc(-c2cccc(Cl)c2)no1.I. The second kappa shape index (κ2) is 13.4. The standard InChI is InChI=1S/C22H29ClN6O2.HI/c1-4-15(5-2)19-13-18(30-28-19)14-26-22(24-6-3)25-11-10-20-27-21(29-31-20)16-8-7-9-17(23)12-16;/h7-9,12-13,15H,4-6,10-11,14H2,1-3H3,(H2,24,25,26);1H. The summed E-state index contributed by atoms with van der Waals surface area (Å²) in [5.41, 5.74) is 1.82. The average Bonchev–Trinajstić information content (AvgIpc) is 3.43. The zero-order valence-electron chi connectivity index (χ0n) is 18.6. The van der Waals surface area contributed by atoms with Gasteiger partial charge in [0.15, 0.2) is 11.7 Å². The van der Waals surface area contributed by atoms with Gasteiger partial charge in [-0.2, -0.15) is 4.98 Å². The van der Waals surface area contributed by atoms with Gasteiger partial charge in [-0.3, -0.25) is 0 Å². The fraction of sp³-hybridized carbons (Fsp3) is 0.455. The second-order valence-electron chi connectivity index (χ2n) is 7.13. The summed E-state index contributed by atoms with van der Waals surface area (Å²) in [6.45, 7) is 8.11. The zero-order valence-corrected chi connectivity index (χ0v) is 21.7. The highest BCUT2D eigenvalue weighted by molar-refractivity contribution is 14.0. The molecule has 0 amide bonds. The number of guanidine groups is 1. The molecular weight excluding hydrogens is 543 g/mol. The summed E-state index contributed by atoms with van der Waals surface area (Å²) in [5, 5.41) is 15.4. The number of rotatable bonds is 10. The summed E-state index contributed by atoms with van der Waals surface area (Å²) < 4.78 is 10.8. The monoisotopic (exact) mass is 572 g/mol. The van der Waals surface area contributed by atoms with E-state index in [1.807, 2.05) is 37.3 Å². The van der Waals surface area contributed by atoms with Crippen LogP contribution in [-0.4, -0.2) is 34.3 Å². The molecule has 1 aromatic carbocycles. The minimum absolute atomic E-state index is 0. The maximum absolute atomic E-state index is 6.03. The van der Waals surface area contributed by atoms with Crippen molar-refractivity contribution in [2.75, 3.05) is 13.1 Å². The third-order valence-corrected chi connectivity index (χ3v) is 5.14. The van der Waals surface area contributed by atoms with Crippen LogP contribution in [0.4, 0.5) is 0 Å². The minimum Gasteiger partial charge on any atom is -0.359 e. The number of aromatic nitrogens is 3. The van der Waals surface area contributed by atoms with Crippen molar-refractivity contribution in [3.8, 4) is 11.4 Å². The molecule has 8 nitrogen and oxygen atoms in total. The molecule has 10 heteroatoms. The van der Waals surface area contributed by atoms with Crippen LogP contribution < -0.4 is 10.6 Å². The lowest BCUT2D eigenvalue weighted by molar-refractivity contribution is 0.372. The van der Waals surface area contributed by atoms with Gasteiger partial charge in [0.25, 0.3) is 0 Å². The Bertz CT molecular complexity index is 986. The zero-order chi connectivity index (χ0) is 22.1. The number of nitrogens with zero attached hydrogens (tertiary/aromatic N) is 4. The van der Waals surface area contributed by atoms with Crippen molar-refractivity contribution in [2.24, 2.45) is 4.99 Å². The smallest absolute Gasteiger partial charge is 0.228 e. The molecule has 3 aromatic rings. The first kappa shape index (κ1) is 26.1. The first-order valence-corrected chi connectivity index (χ1v) is 11.1. The third kappa shape index (κ3) is 7.47. The summed E-state index contributed by atoms with van der Waals surface area (Å²) >= 11 is 6.03. The summed E-state index contributed by atoms with van der Waals surface area (Å²) in [4.78, 5) is 9.01. The van der Waals surface area contributed by atoms with Gasteiger partial charge in [0.2, 0.25) is 11.7 Å². The van der Waals surface area contributed by atoms with Crippen LogP contribution in [0.5, 0.6) is 0 Å². The molecule has 3 rings (SSSR count). The van der Waals surface area contributed by atoms with E-state index in [-0.39, 0.29) is 24.0 Å². The Hall–Kier alpha value is -2.14. The van der Waals surface area contributed by atoms with Crippen molar-refractivity contribution < 1.29 is 9.05 Å². The van der Waals surface area contributed by atoms with E-state index in [0.717, 1.165) is 36.4 Å². The van der Waals surface area contributed by atoms with E-state index in [9.17, 15) is 0 Å². The topological polar surface area (TPSA) is 101 Å². The predicted molar refractivity (Wildman–Crippen MR) is 137 cm³/mol. The highest BCUT2D eigenvalue weighted by atomic mass is 127. The first-order chi connectivity index (χ1) is 15.1. The van der Waals surface area contributed by atoms with E-state index in [0.29, 0.717) is 48.1 Å². The number of hydrogen-bond donors (Lipinski definition) is 2. The van der Waals surface area contributed by atoms with E-state index in [4.69, 9.17) is 20.6 Å². The summed E-state index contributed by atoms with van der Waals surface area (Å²) in [6, 6.07) is 9.37. The quantitative estimate of drug-likeness (QED) is 0.196. The van der Waals surface area contributed by atoms with E-state index in [2.05, 4.69) is 44.8 Å². The first-order valence-electron chi connectivity index (χ1n) is 10.7. The summed E-state index contributed by atoms with van der Waals surface area (Å²) in [7, 11) is 0. The Morgan fingerprint density at radius 2 is 1.91 bits per heavy atom. The van der Waals surface area contributed by atoms with Gasteiger partial charge in [0.05, 0.1) is 5.69 Å². The average molecular weight is 573 g/mol. The van der Waals surface area contributed by atoms with Gasteiger partial charge in [-0.25, -0.2) is 4.99 Å². The lowest BCUT2D eigenvalue weighted by atomic mass is 9.99. The van der Waals surface area contributed by atoms with Gasteiger partial charge in [0.1, 0.15) is 6.54 Å². The van der Waals surface area contributed by atoms with Crippen molar-refractivity contribution in [1.82, 2.24) is 25.9 Å². The highest BCUT2D eigenvalue weighted by Crippen LogP contribution is 2.22. The van der Waals surface area contributed by atoms with Crippen LogP contribution in [0.3, 0.4) is 0 Å². The number of nitrogens with one attached hydrogen (secondary N) is 2. The minimum atomic E-state index is 0. The predicted octanol–water partition coefficient (Wildman–Crippen LogP) is 5.20. The molecule has 2 N–H and O–H groups in total. The fourth-order valence-electron chi connectivity index (χ4n) is 3.19. The molecule has 0 radical (unpaired) electrons. The van der Waals surface area contributed by atoms with Gasteiger partial charge in [-0.1, -0.05) is 47.9 Å². The molecule has 0 atom stereocenters. The van der Waals surface area contributed by atoms with Gasteiger partial charge < -0.3 is 19.7 Å². The molecule has 0 spiro atoms. The molecule has 0 saturated heterocycles. The maximum atomic E-state index is 6.03. The molecule has 0 aliphatic heterocycles. The summed E-state index contributed by atoms with van der Waals surface area (Å²) in [6.07, 6.45) is 2.66. The van der Waals surface area contributed by atoms with Crippen molar-refractivity contribution in [1.29, 1.82) is 0 Å². The number of benzene rings is 1. The van der Waals surface area contributed by atoms with Crippen LogP contribution >= 0.6 is 35.6 Å². The van der Waals surface area contributed by atoms with Gasteiger partial charge in [-0.05, 0) is 31.9 Å². The van der Waals surface area contributed by atoms with E-state index in [1.54, 1.807) is 0 Å². The Morgan fingerprint density at radius 1 is 1.09 bits per heavy atom. The van der Waals surface area contributed by atoms with Crippen molar-refractivity contribution in [3.05, 3.63) is 52.7 Å². The fourth-order valence-corrected chi connectivity index (χ4v) is 3.38. The molecule has 174 valence electrons. The van der Waals surface area contributed by atoms with Crippen LogP contribution in [0.1, 0.15) is 56.9 Å². The maximum Gasteiger partial charge on any atom is 0.228 e. The van der Waals surface area contributed by atoms with E-state index < -0.39 is 0 Å². The lowest BCUT2D eigenvalue weighted by Gasteiger charge is -2.09. The molecule has 0 bridgehead atoms. The number of halogens is 2. The molecule has 0 saturated carbocycles. The van der Waals surface area contributed by atoms with Crippen LogP contribution in [0.2, 0.25) is 5.02 Å². The Morgan fingerprint density at radius 3 is 2.62 bits per heavy atom. The third-order valence-electron chi connectivity index (χ3n) is 4.90. The Balaban J connectivity index is 0.00000363. The number of aliphatic imine (C=N–C) groups is 1. The van der Waals surface area contributed by atoms with Crippen LogP contribution in [-0.2, 0) is 13.0 Å². The van der Waals surface area contributed by atoms with Gasteiger partial charge in [-0.15, -0.1) is 24.0 Å². The number of hydrogen-bond acceptors (Lipinski definition) is 6. The van der Waals surface area contributed by atoms with Gasteiger partial charge in [0, 0.05) is 42.1 Å². The van der Waals surface area contributed by atoms with Gasteiger partial charge >= 0.3 is 0 Å². The lowest BCUT2D eigenvalue weighted by Crippen LogP contribution is -2.38. The Labute approximate surface area is 210 Å². The largest absolute Gasteiger partial charge is 0.359 e. The summed E-state index contributed by atoms with van der Waals surface area (Å²) in [5.74, 6) is 2.94. The van der Waals surface area contributed by atoms with Crippen molar-refractivity contribution in [3.63, 3.8) is 0 Å². The van der Waals surface area contributed by atoms with E-state index in [1.165, 1.54) is 0 Å². The second-order valence-corrected chi connectivity index (χ2v) is 7.56. The molecule has 32 heavy (non-hydrogen) atoms. The molecule has 2 aromatic heterocycles.